The van der Waals surface area contributed by atoms with Crippen molar-refractivity contribution in [2.45, 2.75) is 69.4 Å². The predicted molar refractivity (Wildman–Crippen MR) is 143 cm³/mol. The molecule has 0 radical (unpaired) electrons. The SMILES string of the molecule is CC(C)(C)NSc1cccc(NC(=O)c2ccc(N[C@@H]3CCOC3)nc2N2CCC3(CC2)CC3)c1. The van der Waals surface area contributed by atoms with Gasteiger partial charge in [0.05, 0.1) is 18.2 Å². The summed E-state index contributed by atoms with van der Waals surface area (Å²) >= 11 is 1.57. The Morgan fingerprint density at radius 2 is 1.94 bits per heavy atom. The molecule has 188 valence electrons. The summed E-state index contributed by atoms with van der Waals surface area (Å²) in [6, 6.07) is 12.0. The van der Waals surface area contributed by atoms with Gasteiger partial charge in [0.15, 0.2) is 0 Å². The number of ether oxygens (including phenoxy) is 1. The number of aromatic nitrogens is 1. The molecule has 3 fully saturated rings. The lowest BCUT2D eigenvalue weighted by atomic mass is 9.93. The number of carbonyl (C=O) groups is 1. The van der Waals surface area contributed by atoms with Gasteiger partial charge in [0.1, 0.15) is 11.6 Å². The normalized spacial score (nSPS) is 21.2. The van der Waals surface area contributed by atoms with Gasteiger partial charge in [-0.05, 0) is 101 Å². The molecule has 3 N–H and O–H groups in total. The van der Waals surface area contributed by atoms with E-state index in [-0.39, 0.29) is 17.5 Å². The van der Waals surface area contributed by atoms with Crippen molar-refractivity contribution in [1.82, 2.24) is 9.71 Å². The highest BCUT2D eigenvalue weighted by molar-refractivity contribution is 7.97. The van der Waals surface area contributed by atoms with Crippen LogP contribution in [0.1, 0.15) is 63.2 Å². The highest BCUT2D eigenvalue weighted by atomic mass is 32.2. The molecule has 2 aliphatic heterocycles. The fraction of sp³-hybridized carbons (Fsp3) is 0.556. The van der Waals surface area contributed by atoms with Crippen LogP contribution in [0, 0.1) is 5.41 Å². The van der Waals surface area contributed by atoms with E-state index < -0.39 is 0 Å². The van der Waals surface area contributed by atoms with Crippen LogP contribution in [0.25, 0.3) is 0 Å². The Hall–Kier alpha value is -2.29. The third kappa shape index (κ3) is 6.29. The maximum Gasteiger partial charge on any atom is 0.259 e. The number of nitrogens with zero attached hydrogens (tertiary/aromatic N) is 2. The van der Waals surface area contributed by atoms with E-state index in [0.717, 1.165) is 48.3 Å². The second-order valence-electron chi connectivity index (χ2n) is 11.2. The summed E-state index contributed by atoms with van der Waals surface area (Å²) in [5.41, 5.74) is 1.96. The van der Waals surface area contributed by atoms with Gasteiger partial charge >= 0.3 is 0 Å². The first-order chi connectivity index (χ1) is 16.8. The molecule has 1 aliphatic carbocycles. The lowest BCUT2D eigenvalue weighted by Gasteiger charge is -2.34. The minimum absolute atomic E-state index is 0.00160. The maximum absolute atomic E-state index is 13.5. The fourth-order valence-electron chi connectivity index (χ4n) is 4.72. The number of pyridine rings is 1. The van der Waals surface area contributed by atoms with Crippen LogP contribution in [0.2, 0.25) is 0 Å². The molecule has 2 saturated heterocycles. The van der Waals surface area contributed by atoms with Gasteiger partial charge < -0.3 is 20.3 Å². The van der Waals surface area contributed by atoms with Crippen LogP contribution < -0.4 is 20.3 Å². The first kappa shape index (κ1) is 24.4. The minimum Gasteiger partial charge on any atom is -0.379 e. The average molecular weight is 496 g/mol. The van der Waals surface area contributed by atoms with Crippen LogP contribution in [0.5, 0.6) is 0 Å². The molecule has 1 amide bonds. The molecular formula is C27H37N5O2S. The number of amides is 1. The van der Waals surface area contributed by atoms with E-state index in [4.69, 9.17) is 9.72 Å². The second-order valence-corrected chi connectivity index (χ2v) is 12.1. The smallest absolute Gasteiger partial charge is 0.259 e. The Morgan fingerprint density at radius 1 is 1.14 bits per heavy atom. The number of nitrogens with one attached hydrogen (secondary N) is 3. The Kier molecular flexibility index (Phi) is 6.97. The van der Waals surface area contributed by atoms with Crippen LogP contribution >= 0.6 is 11.9 Å². The molecule has 0 unspecified atom stereocenters. The van der Waals surface area contributed by atoms with Crippen molar-refractivity contribution in [3.63, 3.8) is 0 Å². The summed E-state index contributed by atoms with van der Waals surface area (Å²) < 4.78 is 8.93. The molecule has 1 spiro atoms. The number of hydrogen-bond donors (Lipinski definition) is 3. The number of rotatable bonds is 7. The maximum atomic E-state index is 13.5. The molecule has 1 aromatic heterocycles. The third-order valence-electron chi connectivity index (χ3n) is 7.05. The Labute approximate surface area is 212 Å². The number of anilines is 3. The monoisotopic (exact) mass is 495 g/mol. The first-order valence-corrected chi connectivity index (χ1v) is 13.6. The first-order valence-electron chi connectivity index (χ1n) is 12.7. The van der Waals surface area contributed by atoms with Crippen molar-refractivity contribution in [3.8, 4) is 0 Å². The minimum atomic E-state index is -0.124. The second kappa shape index (κ2) is 9.99. The largest absolute Gasteiger partial charge is 0.379 e. The van der Waals surface area contributed by atoms with E-state index in [1.165, 1.54) is 25.7 Å². The van der Waals surface area contributed by atoms with Crippen LogP contribution in [-0.2, 0) is 4.74 Å². The van der Waals surface area contributed by atoms with E-state index >= 15 is 0 Å². The summed E-state index contributed by atoms with van der Waals surface area (Å²) in [6.45, 7) is 9.77. The van der Waals surface area contributed by atoms with Crippen molar-refractivity contribution in [3.05, 3.63) is 42.0 Å². The molecular weight excluding hydrogens is 458 g/mol. The van der Waals surface area contributed by atoms with Crippen molar-refractivity contribution in [1.29, 1.82) is 0 Å². The summed E-state index contributed by atoms with van der Waals surface area (Å²) in [4.78, 5) is 21.8. The zero-order chi connectivity index (χ0) is 24.5. The van der Waals surface area contributed by atoms with Crippen molar-refractivity contribution in [2.75, 3.05) is 41.8 Å². The number of benzene rings is 1. The standard InChI is InChI=1S/C27H37N5O2S/c1-26(2,3)31-35-21-6-4-5-19(17-21)29-25(33)22-7-8-23(28-20-9-16-34-18-20)30-24(22)32-14-12-27(10-11-27)13-15-32/h4-8,17,20,31H,9-16,18H2,1-3H3,(H,28,30)(H,29,33)/t20-/m1/s1. The molecule has 0 bridgehead atoms. The van der Waals surface area contributed by atoms with Gasteiger partial charge in [-0.25, -0.2) is 4.98 Å². The molecule has 2 aromatic rings. The van der Waals surface area contributed by atoms with Gasteiger partial charge in [0.25, 0.3) is 5.91 Å². The van der Waals surface area contributed by atoms with Crippen molar-refractivity contribution in [2.24, 2.45) is 5.41 Å². The summed E-state index contributed by atoms with van der Waals surface area (Å²) in [5.74, 6) is 1.47. The average Bonchev–Trinajstić information content (AvgIpc) is 3.38. The molecule has 3 aliphatic rings. The van der Waals surface area contributed by atoms with E-state index in [0.29, 0.717) is 17.6 Å². The van der Waals surface area contributed by atoms with Gasteiger partial charge in [-0.3, -0.25) is 9.52 Å². The zero-order valence-electron chi connectivity index (χ0n) is 21.0. The highest BCUT2D eigenvalue weighted by Crippen LogP contribution is 2.54. The fourth-order valence-corrected chi connectivity index (χ4v) is 5.48. The zero-order valence-corrected chi connectivity index (χ0v) is 21.8. The molecule has 3 heterocycles. The Morgan fingerprint density at radius 3 is 2.63 bits per heavy atom. The van der Waals surface area contributed by atoms with Crippen LogP contribution in [0.15, 0.2) is 41.3 Å². The van der Waals surface area contributed by atoms with E-state index in [2.05, 4.69) is 41.0 Å². The van der Waals surface area contributed by atoms with Crippen molar-refractivity contribution >= 4 is 35.2 Å². The van der Waals surface area contributed by atoms with Crippen LogP contribution in [-0.4, -0.2) is 48.8 Å². The van der Waals surface area contributed by atoms with Crippen LogP contribution in [0.4, 0.5) is 17.3 Å². The Bertz CT molecular complexity index is 1050. The quantitative estimate of drug-likeness (QED) is 0.449. The van der Waals surface area contributed by atoms with Crippen molar-refractivity contribution < 1.29 is 9.53 Å². The van der Waals surface area contributed by atoms with Gasteiger partial charge in [0, 0.05) is 35.8 Å². The van der Waals surface area contributed by atoms with Crippen LogP contribution in [0.3, 0.4) is 0 Å². The summed E-state index contributed by atoms with van der Waals surface area (Å²) in [7, 11) is 0. The number of hydrogen-bond acceptors (Lipinski definition) is 7. The lowest BCUT2D eigenvalue weighted by Crippen LogP contribution is -2.36. The summed E-state index contributed by atoms with van der Waals surface area (Å²) in [6.07, 6.45) is 6.05. The van der Waals surface area contributed by atoms with Gasteiger partial charge in [-0.15, -0.1) is 0 Å². The topological polar surface area (TPSA) is 78.5 Å². The van der Waals surface area contributed by atoms with Gasteiger partial charge in [-0.2, -0.15) is 0 Å². The molecule has 1 saturated carbocycles. The van der Waals surface area contributed by atoms with E-state index in [1.54, 1.807) is 11.9 Å². The molecule has 7 nitrogen and oxygen atoms in total. The molecule has 8 heteroatoms. The summed E-state index contributed by atoms with van der Waals surface area (Å²) in [5, 5.41) is 6.60. The molecule has 1 atom stereocenters. The molecule has 35 heavy (non-hydrogen) atoms. The molecule has 5 rings (SSSR count). The predicted octanol–water partition coefficient (Wildman–Crippen LogP) is 5.31. The van der Waals surface area contributed by atoms with E-state index in [1.807, 2.05) is 36.4 Å². The van der Waals surface area contributed by atoms with E-state index in [9.17, 15) is 4.79 Å². The number of piperidine rings is 1. The third-order valence-corrected chi connectivity index (χ3v) is 8.25. The number of carbonyl (C=O) groups excluding carboxylic acids is 1. The highest BCUT2D eigenvalue weighted by Gasteiger charge is 2.45. The van der Waals surface area contributed by atoms with Gasteiger partial charge in [0.2, 0.25) is 0 Å². The molecule has 1 aromatic carbocycles. The Balaban J connectivity index is 1.34. The lowest BCUT2D eigenvalue weighted by molar-refractivity contribution is 0.102. The van der Waals surface area contributed by atoms with Gasteiger partial charge in [-0.1, -0.05) is 6.07 Å².